The molecule has 2 N–H and O–H groups in total. The van der Waals surface area contributed by atoms with Gasteiger partial charge in [0, 0.05) is 43.2 Å². The molecular formula is C18H19Cl2N3O3S2. The van der Waals surface area contributed by atoms with Crippen LogP contribution in [-0.2, 0) is 16.6 Å². The van der Waals surface area contributed by atoms with E-state index in [-0.39, 0.29) is 9.23 Å². The van der Waals surface area contributed by atoms with Gasteiger partial charge in [0.15, 0.2) is 0 Å². The average molecular weight is 460 g/mol. The van der Waals surface area contributed by atoms with Gasteiger partial charge in [0.1, 0.15) is 14.8 Å². The predicted octanol–water partition coefficient (Wildman–Crippen LogP) is 4.40. The van der Waals surface area contributed by atoms with Gasteiger partial charge in [-0.15, -0.1) is 11.3 Å². The van der Waals surface area contributed by atoms with Crippen molar-refractivity contribution in [3.05, 3.63) is 44.8 Å². The third kappa shape index (κ3) is 4.03. The topological polar surface area (TPSA) is 74.6 Å². The largest absolute Gasteiger partial charge is 0.464 e. The second-order valence-electron chi connectivity index (χ2n) is 6.79. The van der Waals surface area contributed by atoms with Crippen LogP contribution < -0.4 is 10.0 Å². The Kier molecular flexibility index (Phi) is 5.61. The zero-order valence-corrected chi connectivity index (χ0v) is 18.2. The lowest BCUT2D eigenvalue weighted by molar-refractivity contribution is 0.166. The highest BCUT2D eigenvalue weighted by atomic mass is 35.5. The van der Waals surface area contributed by atoms with Crippen LogP contribution in [0.4, 0.5) is 5.69 Å². The Labute approximate surface area is 177 Å². The van der Waals surface area contributed by atoms with E-state index >= 15 is 0 Å². The lowest BCUT2D eigenvalue weighted by Crippen LogP contribution is -2.49. The van der Waals surface area contributed by atoms with Crippen molar-refractivity contribution in [2.45, 2.75) is 24.4 Å². The number of hydrogen-bond donors (Lipinski definition) is 2. The maximum atomic E-state index is 12.8. The number of hydrogen-bond acceptors (Lipinski definition) is 6. The molecular weight excluding hydrogens is 441 g/mol. The SMILES string of the molecule is CC1CNCCN1Cc1cc(NS(=O)(=O)c2cc(Cl)sc2Cl)cc2ccoc12. The Hall–Kier alpha value is -1.29. The fourth-order valence-corrected chi connectivity index (χ4v) is 6.58. The van der Waals surface area contributed by atoms with Crippen molar-refractivity contribution >= 4 is 61.2 Å². The molecule has 1 fully saturated rings. The van der Waals surface area contributed by atoms with Gasteiger partial charge in [-0.3, -0.25) is 9.62 Å². The number of halogens is 2. The molecule has 0 saturated carbocycles. The van der Waals surface area contributed by atoms with E-state index in [0.29, 0.717) is 22.6 Å². The number of thiophene rings is 1. The smallest absolute Gasteiger partial charge is 0.264 e. The zero-order chi connectivity index (χ0) is 19.9. The Morgan fingerprint density at radius 3 is 2.89 bits per heavy atom. The minimum Gasteiger partial charge on any atom is -0.464 e. The molecule has 0 aliphatic carbocycles. The lowest BCUT2D eigenvalue weighted by atomic mass is 10.1. The van der Waals surface area contributed by atoms with E-state index in [1.54, 1.807) is 12.3 Å². The van der Waals surface area contributed by atoms with Gasteiger partial charge >= 0.3 is 0 Å². The molecule has 0 bridgehead atoms. The van der Waals surface area contributed by atoms with Crippen LogP contribution in [0, 0.1) is 0 Å². The second kappa shape index (κ2) is 7.85. The van der Waals surface area contributed by atoms with Crippen molar-refractivity contribution in [3.63, 3.8) is 0 Å². The van der Waals surface area contributed by atoms with Gasteiger partial charge in [0.25, 0.3) is 10.0 Å². The van der Waals surface area contributed by atoms with E-state index in [1.807, 2.05) is 12.1 Å². The van der Waals surface area contributed by atoms with Crippen LogP contribution in [0.5, 0.6) is 0 Å². The summed E-state index contributed by atoms with van der Waals surface area (Å²) < 4.78 is 34.3. The van der Waals surface area contributed by atoms with Crippen LogP contribution in [0.15, 0.2) is 39.8 Å². The molecule has 1 aromatic carbocycles. The van der Waals surface area contributed by atoms with Gasteiger partial charge in [-0.1, -0.05) is 23.2 Å². The fraction of sp³-hybridized carbons (Fsp3) is 0.333. The predicted molar refractivity (Wildman–Crippen MR) is 114 cm³/mol. The molecule has 1 aliphatic rings. The molecule has 1 atom stereocenters. The van der Waals surface area contributed by atoms with Crippen molar-refractivity contribution < 1.29 is 12.8 Å². The summed E-state index contributed by atoms with van der Waals surface area (Å²) in [4.78, 5) is 2.33. The van der Waals surface area contributed by atoms with Gasteiger partial charge in [-0.05, 0) is 31.2 Å². The number of fused-ring (bicyclic) bond motifs is 1. The normalized spacial score (nSPS) is 18.6. The minimum absolute atomic E-state index is 0.0197. The summed E-state index contributed by atoms with van der Waals surface area (Å²) in [5.41, 5.74) is 2.17. The second-order valence-corrected chi connectivity index (χ2v) is 10.7. The van der Waals surface area contributed by atoms with Crippen molar-refractivity contribution in [1.29, 1.82) is 0 Å². The van der Waals surface area contributed by atoms with Crippen LogP contribution in [-0.4, -0.2) is 39.0 Å². The number of furan rings is 1. The summed E-state index contributed by atoms with van der Waals surface area (Å²) in [6, 6.07) is 7.14. The first-order valence-corrected chi connectivity index (χ1v) is 11.8. The Balaban J connectivity index is 1.67. The molecule has 0 spiro atoms. The summed E-state index contributed by atoms with van der Waals surface area (Å²) in [6.07, 6.45) is 1.61. The molecule has 0 radical (unpaired) electrons. The van der Waals surface area contributed by atoms with E-state index in [0.717, 1.165) is 47.5 Å². The maximum Gasteiger partial charge on any atom is 0.264 e. The van der Waals surface area contributed by atoms with Crippen LogP contribution in [0.2, 0.25) is 8.67 Å². The summed E-state index contributed by atoms with van der Waals surface area (Å²) in [5.74, 6) is 0. The summed E-state index contributed by atoms with van der Waals surface area (Å²) in [5, 5.41) is 4.21. The standard InChI is InChI=1S/C18H19Cl2N3O3S2/c1-11-9-21-3-4-23(11)10-13-7-14(6-12-2-5-26-17(12)13)22-28(24,25)15-8-16(19)27-18(15)20/h2,5-8,11,21-22H,3-4,9-10H2,1H3. The van der Waals surface area contributed by atoms with Crippen LogP contribution >= 0.6 is 34.5 Å². The van der Waals surface area contributed by atoms with E-state index in [4.69, 9.17) is 27.6 Å². The molecule has 1 unspecified atom stereocenters. The zero-order valence-electron chi connectivity index (χ0n) is 15.0. The van der Waals surface area contributed by atoms with Gasteiger partial charge < -0.3 is 9.73 Å². The third-order valence-corrected chi connectivity index (χ3v) is 7.94. The van der Waals surface area contributed by atoms with Crippen molar-refractivity contribution in [3.8, 4) is 0 Å². The molecule has 10 heteroatoms. The van der Waals surface area contributed by atoms with Gasteiger partial charge in [0.2, 0.25) is 0 Å². The Morgan fingerprint density at radius 2 is 2.18 bits per heavy atom. The number of rotatable bonds is 5. The molecule has 2 aromatic heterocycles. The molecule has 28 heavy (non-hydrogen) atoms. The van der Waals surface area contributed by atoms with Crippen molar-refractivity contribution in [1.82, 2.24) is 10.2 Å². The highest BCUT2D eigenvalue weighted by Crippen LogP contribution is 2.36. The molecule has 4 rings (SSSR count). The molecule has 3 aromatic rings. The average Bonchev–Trinajstić information content (AvgIpc) is 3.23. The Morgan fingerprint density at radius 1 is 1.36 bits per heavy atom. The molecule has 1 saturated heterocycles. The van der Waals surface area contributed by atoms with Crippen molar-refractivity contribution in [2.24, 2.45) is 0 Å². The third-order valence-electron chi connectivity index (χ3n) is 4.81. The molecule has 150 valence electrons. The summed E-state index contributed by atoms with van der Waals surface area (Å²) in [6.45, 7) is 5.61. The number of benzene rings is 1. The Bertz CT molecular complexity index is 1110. The van der Waals surface area contributed by atoms with E-state index in [9.17, 15) is 8.42 Å². The van der Waals surface area contributed by atoms with Crippen LogP contribution in [0.1, 0.15) is 12.5 Å². The first-order valence-electron chi connectivity index (χ1n) is 8.76. The quantitative estimate of drug-likeness (QED) is 0.591. The van der Waals surface area contributed by atoms with E-state index < -0.39 is 10.0 Å². The first-order chi connectivity index (χ1) is 13.3. The van der Waals surface area contributed by atoms with Gasteiger partial charge in [-0.25, -0.2) is 8.42 Å². The number of nitrogens with one attached hydrogen (secondary N) is 2. The number of anilines is 1. The molecule has 6 nitrogen and oxygen atoms in total. The summed E-state index contributed by atoms with van der Waals surface area (Å²) >= 11 is 13.0. The summed E-state index contributed by atoms with van der Waals surface area (Å²) in [7, 11) is -3.85. The fourth-order valence-electron chi connectivity index (χ4n) is 3.39. The molecule has 3 heterocycles. The van der Waals surface area contributed by atoms with Crippen LogP contribution in [0.25, 0.3) is 11.0 Å². The monoisotopic (exact) mass is 459 g/mol. The lowest BCUT2D eigenvalue weighted by Gasteiger charge is -2.33. The minimum atomic E-state index is -3.85. The molecule has 1 aliphatic heterocycles. The first kappa shape index (κ1) is 20.0. The number of sulfonamides is 1. The number of piperazine rings is 1. The van der Waals surface area contributed by atoms with Gasteiger partial charge in [-0.2, -0.15) is 0 Å². The molecule has 0 amide bonds. The highest BCUT2D eigenvalue weighted by Gasteiger charge is 2.23. The van der Waals surface area contributed by atoms with Crippen molar-refractivity contribution in [2.75, 3.05) is 24.4 Å². The van der Waals surface area contributed by atoms with Gasteiger partial charge in [0.05, 0.1) is 16.3 Å². The number of nitrogens with zero attached hydrogens (tertiary/aromatic N) is 1. The van der Waals surface area contributed by atoms with E-state index in [1.165, 1.54) is 6.07 Å². The highest BCUT2D eigenvalue weighted by molar-refractivity contribution is 7.93. The van der Waals surface area contributed by atoms with Crippen LogP contribution in [0.3, 0.4) is 0 Å². The van der Waals surface area contributed by atoms with E-state index in [2.05, 4.69) is 21.9 Å². The maximum absolute atomic E-state index is 12.8.